The number of amides is 1. The Hall–Kier alpha value is -1.26. The summed E-state index contributed by atoms with van der Waals surface area (Å²) >= 11 is 5.93. The first kappa shape index (κ1) is 17.8. The lowest BCUT2D eigenvalue weighted by Crippen LogP contribution is -2.36. The first-order valence-corrected chi connectivity index (χ1v) is 7.48. The van der Waals surface area contributed by atoms with Crippen LogP contribution in [0, 0.1) is 12.3 Å². The highest BCUT2D eigenvalue weighted by atomic mass is 35.5. The highest BCUT2D eigenvalue weighted by molar-refractivity contribution is 6.31. The zero-order chi connectivity index (χ0) is 15.9. The maximum atomic E-state index is 11.8. The third-order valence-electron chi connectivity index (χ3n) is 3.28. The molecule has 0 aliphatic heterocycles. The van der Waals surface area contributed by atoms with E-state index in [1.54, 1.807) is 18.2 Å². The first-order valence-electron chi connectivity index (χ1n) is 7.10. The Morgan fingerprint density at radius 3 is 2.76 bits per heavy atom. The van der Waals surface area contributed by atoms with Gasteiger partial charge in [-0.05, 0) is 48.9 Å². The predicted molar refractivity (Wildman–Crippen MR) is 84.8 cm³/mol. The van der Waals surface area contributed by atoms with Gasteiger partial charge in [-0.1, -0.05) is 25.4 Å². The number of hydrogen-bond acceptors (Lipinski definition) is 3. The van der Waals surface area contributed by atoms with E-state index < -0.39 is 0 Å². The van der Waals surface area contributed by atoms with Gasteiger partial charge in [0.05, 0.1) is 0 Å². The van der Waals surface area contributed by atoms with Crippen LogP contribution >= 0.6 is 11.6 Å². The van der Waals surface area contributed by atoms with E-state index in [-0.39, 0.29) is 24.5 Å². The maximum absolute atomic E-state index is 11.8. The van der Waals surface area contributed by atoms with Gasteiger partial charge in [0, 0.05) is 18.2 Å². The zero-order valence-corrected chi connectivity index (χ0v) is 13.7. The molecule has 0 bridgehead atoms. The average Bonchev–Trinajstić information content (AvgIpc) is 2.44. The number of aryl methyl sites for hydroxylation is 1. The molecule has 0 atom stereocenters. The monoisotopic (exact) mass is 313 g/mol. The van der Waals surface area contributed by atoms with Crippen LogP contribution in [0.4, 0.5) is 0 Å². The topological polar surface area (TPSA) is 58.6 Å². The van der Waals surface area contributed by atoms with Gasteiger partial charge < -0.3 is 15.2 Å². The van der Waals surface area contributed by atoms with Gasteiger partial charge >= 0.3 is 0 Å². The van der Waals surface area contributed by atoms with Crippen LogP contribution in [0.2, 0.25) is 5.02 Å². The molecule has 0 aliphatic rings. The van der Waals surface area contributed by atoms with Crippen LogP contribution in [0.25, 0.3) is 0 Å². The molecule has 0 aliphatic carbocycles. The fraction of sp³-hybridized carbons (Fsp3) is 0.562. The molecular formula is C16H24ClNO3. The third kappa shape index (κ3) is 6.82. The second kappa shape index (κ2) is 8.25. The molecule has 2 N–H and O–H groups in total. The minimum Gasteiger partial charge on any atom is -0.484 e. The number of halogens is 1. The van der Waals surface area contributed by atoms with E-state index >= 15 is 0 Å². The average molecular weight is 314 g/mol. The van der Waals surface area contributed by atoms with Crippen LogP contribution in [0.1, 0.15) is 32.3 Å². The molecule has 4 nitrogen and oxygen atoms in total. The van der Waals surface area contributed by atoms with E-state index in [4.69, 9.17) is 21.4 Å². The normalized spacial score (nSPS) is 11.3. The zero-order valence-electron chi connectivity index (χ0n) is 12.9. The summed E-state index contributed by atoms with van der Waals surface area (Å²) < 4.78 is 5.44. The molecule has 0 spiro atoms. The summed E-state index contributed by atoms with van der Waals surface area (Å²) in [6.45, 7) is 6.74. The van der Waals surface area contributed by atoms with Gasteiger partial charge in [0.2, 0.25) is 0 Å². The number of ether oxygens (including phenoxy) is 1. The Morgan fingerprint density at radius 2 is 2.14 bits per heavy atom. The molecule has 0 saturated carbocycles. The van der Waals surface area contributed by atoms with Gasteiger partial charge in [0.1, 0.15) is 5.75 Å². The lowest BCUT2D eigenvalue weighted by molar-refractivity contribution is -0.123. The van der Waals surface area contributed by atoms with E-state index in [1.807, 2.05) is 6.92 Å². The molecule has 1 rings (SSSR count). The van der Waals surface area contributed by atoms with Crippen molar-refractivity contribution in [1.29, 1.82) is 0 Å². The summed E-state index contributed by atoms with van der Waals surface area (Å²) in [5.74, 6) is 0.478. The summed E-state index contributed by atoms with van der Waals surface area (Å²) in [6.07, 6.45) is 1.60. The van der Waals surface area contributed by atoms with Crippen LogP contribution in [-0.2, 0) is 4.79 Å². The lowest BCUT2D eigenvalue weighted by atomic mass is 9.88. The Kier molecular flexibility index (Phi) is 6.99. The van der Waals surface area contributed by atoms with Crippen LogP contribution < -0.4 is 10.1 Å². The summed E-state index contributed by atoms with van der Waals surface area (Å²) in [5, 5.41) is 12.4. The maximum Gasteiger partial charge on any atom is 0.257 e. The van der Waals surface area contributed by atoms with E-state index in [1.165, 1.54) is 0 Å². The smallest absolute Gasteiger partial charge is 0.257 e. The fourth-order valence-corrected chi connectivity index (χ4v) is 2.01. The molecule has 1 amide bonds. The molecule has 0 unspecified atom stereocenters. The molecule has 21 heavy (non-hydrogen) atoms. The second-order valence-electron chi connectivity index (χ2n) is 5.97. The standard InChI is InChI=1S/C16H24ClNO3/c1-12-9-13(5-6-14(12)17)21-10-15(20)18-11-16(2,3)7-4-8-19/h5-6,9,19H,4,7-8,10-11H2,1-3H3,(H,18,20). The number of carbonyl (C=O) groups excluding carboxylic acids is 1. The number of carbonyl (C=O) groups is 1. The molecule has 0 heterocycles. The number of aliphatic hydroxyl groups is 1. The van der Waals surface area contributed by atoms with Gasteiger partial charge in [-0.2, -0.15) is 0 Å². The minimum atomic E-state index is -0.153. The molecule has 5 heteroatoms. The molecule has 118 valence electrons. The summed E-state index contributed by atoms with van der Waals surface area (Å²) in [7, 11) is 0. The van der Waals surface area contributed by atoms with Gasteiger partial charge in [-0.15, -0.1) is 0 Å². The summed E-state index contributed by atoms with van der Waals surface area (Å²) in [6, 6.07) is 5.30. The number of aliphatic hydroxyl groups excluding tert-OH is 1. The Morgan fingerprint density at radius 1 is 1.43 bits per heavy atom. The van der Waals surface area contributed by atoms with Gasteiger partial charge in [-0.25, -0.2) is 0 Å². The third-order valence-corrected chi connectivity index (χ3v) is 3.70. The van der Waals surface area contributed by atoms with Gasteiger partial charge in [0.25, 0.3) is 5.91 Å². The highest BCUT2D eigenvalue weighted by Gasteiger charge is 2.18. The lowest BCUT2D eigenvalue weighted by Gasteiger charge is -2.24. The Labute approximate surface area is 131 Å². The van der Waals surface area contributed by atoms with Crippen LogP contribution in [0.15, 0.2) is 18.2 Å². The Bertz CT molecular complexity index is 475. The van der Waals surface area contributed by atoms with Crippen molar-refractivity contribution in [3.63, 3.8) is 0 Å². The fourth-order valence-electron chi connectivity index (χ4n) is 1.89. The molecule has 0 fully saturated rings. The predicted octanol–water partition coefficient (Wildman–Crippen LogP) is 2.94. The van der Waals surface area contributed by atoms with Gasteiger partial charge in [0.15, 0.2) is 6.61 Å². The minimum absolute atomic E-state index is 0.0167. The number of hydrogen-bond donors (Lipinski definition) is 2. The van der Waals surface area contributed by atoms with Gasteiger partial charge in [-0.3, -0.25) is 4.79 Å². The van der Waals surface area contributed by atoms with E-state index in [0.29, 0.717) is 17.3 Å². The first-order chi connectivity index (χ1) is 9.84. The molecule has 0 aromatic heterocycles. The highest BCUT2D eigenvalue weighted by Crippen LogP contribution is 2.22. The SMILES string of the molecule is Cc1cc(OCC(=O)NCC(C)(C)CCCO)ccc1Cl. The molecule has 1 aromatic rings. The molecule has 1 aromatic carbocycles. The van der Waals surface area contributed by atoms with E-state index in [9.17, 15) is 4.79 Å². The summed E-state index contributed by atoms with van der Waals surface area (Å²) in [4.78, 5) is 11.8. The van der Waals surface area contributed by atoms with Crippen molar-refractivity contribution in [1.82, 2.24) is 5.32 Å². The van der Waals surface area contributed by atoms with Crippen LogP contribution in [0.3, 0.4) is 0 Å². The van der Waals surface area contributed by atoms with Crippen LogP contribution in [0.5, 0.6) is 5.75 Å². The molecular weight excluding hydrogens is 290 g/mol. The van der Waals surface area contributed by atoms with Crippen LogP contribution in [-0.4, -0.2) is 30.8 Å². The van der Waals surface area contributed by atoms with Crippen molar-refractivity contribution in [3.8, 4) is 5.75 Å². The van der Waals surface area contributed by atoms with Crippen molar-refractivity contribution in [3.05, 3.63) is 28.8 Å². The quantitative estimate of drug-likeness (QED) is 0.776. The number of benzene rings is 1. The Balaban J connectivity index is 2.35. The molecule has 0 saturated heterocycles. The van der Waals surface area contributed by atoms with Crippen molar-refractivity contribution >= 4 is 17.5 Å². The van der Waals surface area contributed by atoms with Crippen molar-refractivity contribution in [2.75, 3.05) is 19.8 Å². The van der Waals surface area contributed by atoms with E-state index in [2.05, 4.69) is 19.2 Å². The second-order valence-corrected chi connectivity index (χ2v) is 6.37. The van der Waals surface area contributed by atoms with E-state index in [0.717, 1.165) is 18.4 Å². The van der Waals surface area contributed by atoms with Crippen molar-refractivity contribution in [2.45, 2.75) is 33.6 Å². The largest absolute Gasteiger partial charge is 0.484 e. The number of nitrogens with one attached hydrogen (secondary N) is 1. The summed E-state index contributed by atoms with van der Waals surface area (Å²) in [5.41, 5.74) is 0.884. The number of rotatable bonds is 8. The van der Waals surface area contributed by atoms with Crippen molar-refractivity contribution < 1.29 is 14.6 Å². The van der Waals surface area contributed by atoms with Crippen molar-refractivity contribution in [2.24, 2.45) is 5.41 Å². The molecule has 0 radical (unpaired) electrons.